The van der Waals surface area contributed by atoms with Crippen LogP contribution in [0.1, 0.15) is 17.0 Å². The molecule has 2 heterocycles. The second kappa shape index (κ2) is 8.78. The molecule has 7 nitrogen and oxygen atoms in total. The molecule has 0 saturated carbocycles. The number of hydrazone groups is 1. The van der Waals surface area contributed by atoms with Crippen LogP contribution in [0.5, 0.6) is 5.75 Å². The highest BCUT2D eigenvalue weighted by Gasteiger charge is 2.48. The van der Waals surface area contributed by atoms with Gasteiger partial charge in [-0.15, -0.1) is 0 Å². The predicted molar refractivity (Wildman–Crippen MR) is 124 cm³/mol. The number of para-hydroxylation sites is 2. The summed E-state index contributed by atoms with van der Waals surface area (Å²) in [6.45, 7) is 0.407. The highest BCUT2D eigenvalue weighted by Crippen LogP contribution is 2.41. The Kier molecular flexibility index (Phi) is 5.52. The molecule has 2 aliphatic heterocycles. The zero-order valence-corrected chi connectivity index (χ0v) is 18.1. The first-order valence-corrected chi connectivity index (χ1v) is 10.8. The third-order valence-electron chi connectivity index (χ3n) is 5.93. The van der Waals surface area contributed by atoms with E-state index >= 15 is 0 Å². The van der Waals surface area contributed by atoms with Gasteiger partial charge < -0.3 is 9.47 Å². The van der Waals surface area contributed by atoms with Crippen LogP contribution in [0.25, 0.3) is 0 Å². The number of nitrogens with zero attached hydrogens (tertiary/aromatic N) is 3. The van der Waals surface area contributed by atoms with E-state index in [-0.39, 0.29) is 19.1 Å². The third-order valence-corrected chi connectivity index (χ3v) is 5.93. The molecule has 2 amide bonds. The first kappa shape index (κ1) is 20.8. The van der Waals surface area contributed by atoms with Gasteiger partial charge in [-0.25, -0.2) is 9.69 Å². The van der Waals surface area contributed by atoms with Crippen LogP contribution in [-0.4, -0.2) is 48.9 Å². The smallest absolute Gasteiger partial charge is 0.416 e. The van der Waals surface area contributed by atoms with Gasteiger partial charge in [0.15, 0.2) is 0 Å². The van der Waals surface area contributed by atoms with Crippen molar-refractivity contribution < 1.29 is 19.1 Å². The van der Waals surface area contributed by atoms with E-state index in [0.29, 0.717) is 5.75 Å². The van der Waals surface area contributed by atoms with Gasteiger partial charge in [0, 0.05) is 5.56 Å². The van der Waals surface area contributed by atoms with Gasteiger partial charge in [0.25, 0.3) is 5.91 Å². The Balaban J connectivity index is 1.71. The Labute approximate surface area is 191 Å². The second-order valence-electron chi connectivity index (χ2n) is 7.80. The minimum atomic E-state index is -0.787. The number of benzene rings is 3. The molecule has 166 valence electrons. The first-order valence-electron chi connectivity index (χ1n) is 10.8. The average Bonchev–Trinajstić information content (AvgIpc) is 3.48. The molecular weight excluding hydrogens is 418 g/mol. The molecule has 0 N–H and O–H groups in total. The molecule has 7 heteroatoms. The summed E-state index contributed by atoms with van der Waals surface area (Å²) in [6.07, 6.45) is -0.625. The standard InChI is InChI=1S/C26H23N3O4/c1-32-21-15-9-8-14-20(21)22-23(18-10-4-2-5-11-18)27-29(19-12-6-3-7-13-19)24(22)25(30)28-16-17-33-26(28)31/h2-15,22,24H,16-17H2,1H3/t22-,24-/m1/s1. The number of imide groups is 1. The number of amides is 2. The number of carbonyl (C=O) groups is 2. The number of cyclic esters (lactones) is 1. The fraction of sp³-hybridized carbons (Fsp3) is 0.192. The molecule has 2 atom stereocenters. The summed E-state index contributed by atoms with van der Waals surface area (Å²) < 4.78 is 10.7. The Morgan fingerprint density at radius 1 is 0.970 bits per heavy atom. The Morgan fingerprint density at radius 2 is 1.64 bits per heavy atom. The molecule has 0 aliphatic carbocycles. The lowest BCUT2D eigenvalue weighted by Gasteiger charge is -2.30. The lowest BCUT2D eigenvalue weighted by atomic mass is 9.83. The molecular formula is C26H23N3O4. The fourth-order valence-corrected chi connectivity index (χ4v) is 4.42. The zero-order valence-electron chi connectivity index (χ0n) is 18.1. The van der Waals surface area contributed by atoms with Gasteiger partial charge >= 0.3 is 6.09 Å². The summed E-state index contributed by atoms with van der Waals surface area (Å²) in [5.74, 6) is -0.167. The quantitative estimate of drug-likeness (QED) is 0.597. The van der Waals surface area contributed by atoms with Crippen molar-refractivity contribution in [2.45, 2.75) is 12.0 Å². The number of hydrogen-bond acceptors (Lipinski definition) is 6. The molecule has 0 radical (unpaired) electrons. The van der Waals surface area contributed by atoms with Crippen LogP contribution < -0.4 is 9.75 Å². The molecule has 3 aromatic carbocycles. The van der Waals surface area contributed by atoms with Crippen LogP contribution in [0.15, 0.2) is 90.0 Å². The number of rotatable bonds is 5. The molecule has 0 unspecified atom stereocenters. The van der Waals surface area contributed by atoms with E-state index in [2.05, 4.69) is 0 Å². The maximum absolute atomic E-state index is 13.9. The van der Waals surface area contributed by atoms with Crippen LogP contribution in [-0.2, 0) is 9.53 Å². The van der Waals surface area contributed by atoms with E-state index in [4.69, 9.17) is 14.6 Å². The Morgan fingerprint density at radius 3 is 2.30 bits per heavy atom. The van der Waals surface area contributed by atoms with E-state index in [1.807, 2.05) is 84.9 Å². The summed E-state index contributed by atoms with van der Waals surface area (Å²) in [6, 6.07) is 26.1. The highest BCUT2D eigenvalue weighted by atomic mass is 16.6. The van der Waals surface area contributed by atoms with Crippen molar-refractivity contribution >= 4 is 23.4 Å². The number of methoxy groups -OCH3 is 1. The average molecular weight is 441 g/mol. The van der Waals surface area contributed by atoms with Crippen LogP contribution in [0.2, 0.25) is 0 Å². The van der Waals surface area contributed by atoms with Crippen LogP contribution in [0, 0.1) is 0 Å². The maximum Gasteiger partial charge on any atom is 0.416 e. The minimum Gasteiger partial charge on any atom is -0.496 e. The molecule has 5 rings (SSSR count). The van der Waals surface area contributed by atoms with Gasteiger partial charge in [0.1, 0.15) is 18.4 Å². The number of hydrogen-bond donors (Lipinski definition) is 0. The summed E-state index contributed by atoms with van der Waals surface area (Å²) in [4.78, 5) is 27.4. The molecule has 0 aromatic heterocycles. The van der Waals surface area contributed by atoms with Crippen molar-refractivity contribution in [3.63, 3.8) is 0 Å². The molecule has 1 saturated heterocycles. The van der Waals surface area contributed by atoms with Crippen molar-refractivity contribution in [3.05, 3.63) is 96.1 Å². The third kappa shape index (κ3) is 3.71. The van der Waals surface area contributed by atoms with Crippen molar-refractivity contribution in [2.24, 2.45) is 5.10 Å². The van der Waals surface area contributed by atoms with Gasteiger partial charge in [-0.05, 0) is 23.8 Å². The predicted octanol–water partition coefficient (Wildman–Crippen LogP) is 4.05. The van der Waals surface area contributed by atoms with Crippen LogP contribution in [0.4, 0.5) is 10.5 Å². The van der Waals surface area contributed by atoms with Gasteiger partial charge in [-0.1, -0.05) is 66.7 Å². The minimum absolute atomic E-state index is 0.189. The lowest BCUT2D eigenvalue weighted by molar-refractivity contribution is -0.129. The molecule has 33 heavy (non-hydrogen) atoms. The molecule has 0 bridgehead atoms. The van der Waals surface area contributed by atoms with E-state index in [1.165, 1.54) is 4.90 Å². The molecule has 1 fully saturated rings. The van der Waals surface area contributed by atoms with Gasteiger partial charge in [-0.2, -0.15) is 5.10 Å². The van der Waals surface area contributed by atoms with E-state index in [9.17, 15) is 9.59 Å². The fourth-order valence-electron chi connectivity index (χ4n) is 4.42. The highest BCUT2D eigenvalue weighted by molar-refractivity contribution is 6.13. The lowest BCUT2D eigenvalue weighted by Crippen LogP contribution is -2.48. The maximum atomic E-state index is 13.9. The number of carbonyl (C=O) groups excluding carboxylic acids is 2. The van der Waals surface area contributed by atoms with Crippen molar-refractivity contribution in [3.8, 4) is 5.75 Å². The van der Waals surface area contributed by atoms with Crippen LogP contribution >= 0.6 is 0 Å². The van der Waals surface area contributed by atoms with E-state index < -0.39 is 18.1 Å². The van der Waals surface area contributed by atoms with Gasteiger partial charge in [0.2, 0.25) is 0 Å². The zero-order chi connectivity index (χ0) is 22.8. The summed E-state index contributed by atoms with van der Waals surface area (Å²) >= 11 is 0. The number of anilines is 1. The summed E-state index contributed by atoms with van der Waals surface area (Å²) in [5.41, 5.74) is 3.21. The number of ether oxygens (including phenoxy) is 2. The summed E-state index contributed by atoms with van der Waals surface area (Å²) in [7, 11) is 1.61. The summed E-state index contributed by atoms with van der Waals surface area (Å²) in [5, 5.41) is 6.67. The van der Waals surface area contributed by atoms with Crippen molar-refractivity contribution in [2.75, 3.05) is 25.3 Å². The molecule has 2 aliphatic rings. The van der Waals surface area contributed by atoms with E-state index in [1.54, 1.807) is 12.1 Å². The van der Waals surface area contributed by atoms with Gasteiger partial charge in [-0.3, -0.25) is 9.80 Å². The first-order chi connectivity index (χ1) is 16.2. The SMILES string of the molecule is COc1ccccc1[C@@H]1C(c2ccccc2)=NN(c2ccccc2)[C@H]1C(=O)N1CCOC1=O. The Bertz CT molecular complexity index is 1200. The second-order valence-corrected chi connectivity index (χ2v) is 7.80. The van der Waals surface area contributed by atoms with Gasteiger partial charge in [0.05, 0.1) is 31.0 Å². The molecule has 3 aromatic rings. The molecule has 0 spiro atoms. The van der Waals surface area contributed by atoms with Crippen molar-refractivity contribution in [1.82, 2.24) is 4.90 Å². The normalized spacial score (nSPS) is 19.9. The van der Waals surface area contributed by atoms with Crippen LogP contribution in [0.3, 0.4) is 0 Å². The Hall–Kier alpha value is -4.13. The van der Waals surface area contributed by atoms with Crippen molar-refractivity contribution in [1.29, 1.82) is 0 Å². The topological polar surface area (TPSA) is 71.4 Å². The monoisotopic (exact) mass is 441 g/mol. The largest absolute Gasteiger partial charge is 0.496 e. The van der Waals surface area contributed by atoms with E-state index in [0.717, 1.165) is 22.5 Å².